The van der Waals surface area contributed by atoms with Crippen molar-refractivity contribution < 1.29 is 9.84 Å². The molecule has 1 rings (SSSR count). The number of nitrogens with two attached hydrogens (primary N) is 1. The van der Waals surface area contributed by atoms with Crippen molar-refractivity contribution in [2.24, 2.45) is 17.1 Å². The third-order valence-corrected chi connectivity index (χ3v) is 3.63. The van der Waals surface area contributed by atoms with Gasteiger partial charge in [0.15, 0.2) is 0 Å². The predicted molar refractivity (Wildman–Crippen MR) is 52.4 cm³/mol. The molecule has 0 amide bonds. The molecule has 0 saturated heterocycles. The van der Waals surface area contributed by atoms with Gasteiger partial charge in [-0.25, -0.2) is 0 Å². The molecule has 13 heavy (non-hydrogen) atoms. The summed E-state index contributed by atoms with van der Waals surface area (Å²) in [4.78, 5) is 0. The highest BCUT2D eigenvalue weighted by molar-refractivity contribution is 4.95. The first kappa shape index (κ1) is 11.0. The molecule has 0 aliphatic heterocycles. The predicted octanol–water partition coefficient (Wildman–Crippen LogP) is 0.759. The van der Waals surface area contributed by atoms with Crippen molar-refractivity contribution in [1.82, 2.24) is 0 Å². The van der Waals surface area contributed by atoms with E-state index in [1.807, 2.05) is 0 Å². The van der Waals surface area contributed by atoms with Crippen molar-refractivity contribution in [3.05, 3.63) is 0 Å². The Morgan fingerprint density at radius 2 is 2.38 bits per heavy atom. The van der Waals surface area contributed by atoms with Crippen LogP contribution in [-0.2, 0) is 4.74 Å². The standard InChI is InChI=1S/C10H21NO2/c1-8-4-3-5-10(8,7-11)9(12)6-13-2/h8-9,12H,3-7,11H2,1-2H3. The lowest BCUT2D eigenvalue weighted by atomic mass is 9.74. The van der Waals surface area contributed by atoms with Gasteiger partial charge >= 0.3 is 0 Å². The molecule has 3 unspecified atom stereocenters. The first-order chi connectivity index (χ1) is 6.17. The number of hydrogen-bond donors (Lipinski definition) is 2. The normalized spacial score (nSPS) is 36.5. The van der Waals surface area contributed by atoms with Crippen LogP contribution in [-0.4, -0.2) is 31.5 Å². The van der Waals surface area contributed by atoms with E-state index in [1.165, 1.54) is 12.8 Å². The van der Waals surface area contributed by atoms with Crippen LogP contribution in [0.5, 0.6) is 0 Å². The van der Waals surface area contributed by atoms with E-state index in [0.29, 0.717) is 19.1 Å². The number of aliphatic hydroxyl groups is 1. The van der Waals surface area contributed by atoms with Crippen molar-refractivity contribution in [3.8, 4) is 0 Å². The van der Waals surface area contributed by atoms with E-state index >= 15 is 0 Å². The maximum atomic E-state index is 9.96. The Morgan fingerprint density at radius 3 is 2.77 bits per heavy atom. The van der Waals surface area contributed by atoms with Crippen LogP contribution in [0.15, 0.2) is 0 Å². The number of methoxy groups -OCH3 is 1. The summed E-state index contributed by atoms with van der Waals surface area (Å²) in [6, 6.07) is 0. The van der Waals surface area contributed by atoms with Crippen LogP contribution >= 0.6 is 0 Å². The van der Waals surface area contributed by atoms with Crippen molar-refractivity contribution in [3.63, 3.8) is 0 Å². The molecule has 3 N–H and O–H groups in total. The van der Waals surface area contributed by atoms with Crippen LogP contribution in [0.4, 0.5) is 0 Å². The first-order valence-corrected chi connectivity index (χ1v) is 5.04. The molecule has 0 aromatic rings. The molecule has 3 nitrogen and oxygen atoms in total. The van der Waals surface area contributed by atoms with Gasteiger partial charge in [0, 0.05) is 19.1 Å². The minimum Gasteiger partial charge on any atom is -0.390 e. The quantitative estimate of drug-likeness (QED) is 0.683. The van der Waals surface area contributed by atoms with Gasteiger partial charge in [-0.15, -0.1) is 0 Å². The minimum absolute atomic E-state index is 0.0873. The van der Waals surface area contributed by atoms with Crippen LogP contribution < -0.4 is 5.73 Å². The zero-order chi connectivity index (χ0) is 9.90. The summed E-state index contributed by atoms with van der Waals surface area (Å²) in [7, 11) is 1.62. The van der Waals surface area contributed by atoms with Gasteiger partial charge in [-0.3, -0.25) is 0 Å². The fourth-order valence-electron chi connectivity index (χ4n) is 2.53. The summed E-state index contributed by atoms with van der Waals surface area (Å²) < 4.78 is 4.99. The van der Waals surface area contributed by atoms with E-state index in [0.717, 1.165) is 6.42 Å². The second-order valence-corrected chi connectivity index (χ2v) is 4.20. The van der Waals surface area contributed by atoms with Gasteiger partial charge in [0.1, 0.15) is 0 Å². The topological polar surface area (TPSA) is 55.5 Å². The van der Waals surface area contributed by atoms with Gasteiger partial charge in [-0.05, 0) is 12.3 Å². The Balaban J connectivity index is 2.67. The summed E-state index contributed by atoms with van der Waals surface area (Å²) in [5.41, 5.74) is 5.69. The molecule has 1 aliphatic carbocycles. The SMILES string of the molecule is COCC(O)C1(CN)CCCC1C. The lowest BCUT2D eigenvalue weighted by Crippen LogP contribution is -2.46. The molecular weight excluding hydrogens is 166 g/mol. The van der Waals surface area contributed by atoms with Crippen molar-refractivity contribution in [2.45, 2.75) is 32.3 Å². The molecule has 3 atom stereocenters. The van der Waals surface area contributed by atoms with Crippen molar-refractivity contribution in [2.75, 3.05) is 20.3 Å². The highest BCUT2D eigenvalue weighted by Gasteiger charge is 2.44. The minimum atomic E-state index is -0.403. The number of aliphatic hydroxyl groups excluding tert-OH is 1. The summed E-state index contributed by atoms with van der Waals surface area (Å²) in [6.45, 7) is 3.15. The molecule has 0 aromatic heterocycles. The van der Waals surface area contributed by atoms with Gasteiger partial charge in [0.05, 0.1) is 12.7 Å². The zero-order valence-electron chi connectivity index (χ0n) is 8.62. The Kier molecular flexibility index (Phi) is 3.71. The van der Waals surface area contributed by atoms with Gasteiger partial charge < -0.3 is 15.6 Å². The van der Waals surface area contributed by atoms with Crippen molar-refractivity contribution in [1.29, 1.82) is 0 Å². The third kappa shape index (κ3) is 1.87. The molecule has 1 aliphatic rings. The Hall–Kier alpha value is -0.120. The maximum absolute atomic E-state index is 9.96. The van der Waals surface area contributed by atoms with Crippen LogP contribution in [0.2, 0.25) is 0 Å². The molecule has 78 valence electrons. The Labute approximate surface area is 80.3 Å². The fourth-order valence-corrected chi connectivity index (χ4v) is 2.53. The summed E-state index contributed by atoms with van der Waals surface area (Å²) in [5, 5.41) is 9.96. The van der Waals surface area contributed by atoms with E-state index in [4.69, 9.17) is 10.5 Å². The summed E-state index contributed by atoms with van der Waals surface area (Å²) in [6.07, 6.45) is 2.99. The van der Waals surface area contributed by atoms with E-state index in [2.05, 4.69) is 6.92 Å². The largest absolute Gasteiger partial charge is 0.390 e. The number of rotatable bonds is 4. The third-order valence-electron chi connectivity index (χ3n) is 3.63. The number of ether oxygens (including phenoxy) is 1. The van der Waals surface area contributed by atoms with Crippen LogP contribution in [0.3, 0.4) is 0 Å². The highest BCUT2D eigenvalue weighted by Crippen LogP contribution is 2.45. The molecule has 0 heterocycles. The van der Waals surface area contributed by atoms with E-state index in [1.54, 1.807) is 7.11 Å². The Morgan fingerprint density at radius 1 is 1.69 bits per heavy atom. The monoisotopic (exact) mass is 187 g/mol. The van der Waals surface area contributed by atoms with E-state index in [9.17, 15) is 5.11 Å². The lowest BCUT2D eigenvalue weighted by Gasteiger charge is -2.36. The maximum Gasteiger partial charge on any atom is 0.0844 e. The smallest absolute Gasteiger partial charge is 0.0844 e. The second-order valence-electron chi connectivity index (χ2n) is 4.20. The second kappa shape index (κ2) is 4.40. The Bertz CT molecular complexity index is 163. The van der Waals surface area contributed by atoms with E-state index in [-0.39, 0.29) is 5.41 Å². The summed E-state index contributed by atoms with van der Waals surface area (Å²) >= 11 is 0. The first-order valence-electron chi connectivity index (χ1n) is 5.04. The van der Waals surface area contributed by atoms with Crippen molar-refractivity contribution >= 4 is 0 Å². The molecule has 1 fully saturated rings. The molecule has 0 radical (unpaired) electrons. The zero-order valence-corrected chi connectivity index (χ0v) is 8.62. The van der Waals surface area contributed by atoms with Gasteiger partial charge in [-0.1, -0.05) is 19.8 Å². The molecule has 0 spiro atoms. The molecule has 3 heteroatoms. The van der Waals surface area contributed by atoms with Gasteiger partial charge in [0.25, 0.3) is 0 Å². The average molecular weight is 187 g/mol. The molecule has 1 saturated carbocycles. The molecular formula is C10H21NO2. The van der Waals surface area contributed by atoms with Gasteiger partial charge in [0.2, 0.25) is 0 Å². The fraction of sp³-hybridized carbons (Fsp3) is 1.00. The highest BCUT2D eigenvalue weighted by atomic mass is 16.5. The van der Waals surface area contributed by atoms with Crippen LogP contribution in [0, 0.1) is 11.3 Å². The lowest BCUT2D eigenvalue weighted by molar-refractivity contribution is -0.0414. The van der Waals surface area contributed by atoms with E-state index < -0.39 is 6.10 Å². The number of hydrogen-bond acceptors (Lipinski definition) is 3. The summed E-state index contributed by atoms with van der Waals surface area (Å²) in [5.74, 6) is 0.516. The van der Waals surface area contributed by atoms with Crippen LogP contribution in [0.25, 0.3) is 0 Å². The molecule has 0 aromatic carbocycles. The van der Waals surface area contributed by atoms with Crippen LogP contribution in [0.1, 0.15) is 26.2 Å². The molecule has 0 bridgehead atoms. The average Bonchev–Trinajstić information content (AvgIpc) is 2.48. The van der Waals surface area contributed by atoms with Gasteiger partial charge in [-0.2, -0.15) is 0 Å².